The molecule has 112 valence electrons. The molecule has 0 aromatic heterocycles. The molecule has 21 heavy (non-hydrogen) atoms. The first-order chi connectivity index (χ1) is 9.83. The van der Waals surface area contributed by atoms with Gasteiger partial charge in [0, 0.05) is 0 Å². The maximum atomic E-state index is 12.5. The topological polar surface area (TPSA) is 66.4 Å². The highest BCUT2D eigenvalue weighted by atomic mass is 32.2. The molecule has 0 bridgehead atoms. The quantitative estimate of drug-likeness (QED) is 0.851. The van der Waals surface area contributed by atoms with Gasteiger partial charge in [0.1, 0.15) is 5.75 Å². The van der Waals surface area contributed by atoms with Gasteiger partial charge in [-0.3, -0.25) is 4.72 Å². The van der Waals surface area contributed by atoms with Crippen molar-refractivity contribution in [3.8, 4) is 5.75 Å². The van der Waals surface area contributed by atoms with Crippen molar-refractivity contribution in [3.05, 3.63) is 53.1 Å². The summed E-state index contributed by atoms with van der Waals surface area (Å²) in [4.78, 5) is 0.226. The van der Waals surface area contributed by atoms with E-state index in [0.29, 0.717) is 5.56 Å². The zero-order chi connectivity index (χ0) is 15.6. The highest BCUT2D eigenvalue weighted by Gasteiger charge is 2.18. The highest BCUT2D eigenvalue weighted by Crippen LogP contribution is 2.28. The molecule has 0 unspecified atom stereocenters. The number of hydrogen-bond acceptors (Lipinski definition) is 3. The van der Waals surface area contributed by atoms with Gasteiger partial charge >= 0.3 is 0 Å². The summed E-state index contributed by atoms with van der Waals surface area (Å²) in [5.41, 5.74) is 2.69. The van der Waals surface area contributed by atoms with E-state index >= 15 is 0 Å². The summed E-state index contributed by atoms with van der Waals surface area (Å²) < 4.78 is 27.5. The third kappa shape index (κ3) is 3.36. The molecule has 0 spiro atoms. The molecule has 0 saturated carbocycles. The van der Waals surface area contributed by atoms with E-state index in [1.54, 1.807) is 31.2 Å². The summed E-state index contributed by atoms with van der Waals surface area (Å²) in [5, 5.41) is 9.84. The van der Waals surface area contributed by atoms with E-state index in [-0.39, 0.29) is 16.3 Å². The number of aryl methyl sites for hydroxylation is 3. The first kappa shape index (κ1) is 15.4. The van der Waals surface area contributed by atoms with Crippen LogP contribution < -0.4 is 4.72 Å². The average Bonchev–Trinajstić information content (AvgIpc) is 2.43. The van der Waals surface area contributed by atoms with Gasteiger partial charge in [-0.2, -0.15) is 0 Å². The summed E-state index contributed by atoms with van der Waals surface area (Å²) in [6.45, 7) is 5.55. The lowest BCUT2D eigenvalue weighted by Gasteiger charge is -2.13. The molecule has 0 fully saturated rings. The summed E-state index contributed by atoms with van der Waals surface area (Å²) >= 11 is 0. The summed E-state index contributed by atoms with van der Waals surface area (Å²) in [6.07, 6.45) is 0.762. The fourth-order valence-electron chi connectivity index (χ4n) is 2.08. The average molecular weight is 305 g/mol. The lowest BCUT2D eigenvalue weighted by molar-refractivity contribution is 0.477. The van der Waals surface area contributed by atoms with Gasteiger partial charge in [-0.05, 0) is 55.2 Å². The SMILES string of the molecule is CCc1ccc(O)c(NS(=O)(=O)c2cc(C)ccc2C)c1. The molecule has 0 saturated heterocycles. The van der Waals surface area contributed by atoms with Crippen LogP contribution in [0.2, 0.25) is 0 Å². The molecule has 0 aliphatic heterocycles. The van der Waals surface area contributed by atoms with Gasteiger partial charge in [-0.25, -0.2) is 8.42 Å². The number of aromatic hydroxyl groups is 1. The Hall–Kier alpha value is -2.01. The van der Waals surface area contributed by atoms with Gasteiger partial charge in [-0.15, -0.1) is 0 Å². The van der Waals surface area contributed by atoms with Crippen molar-refractivity contribution in [2.45, 2.75) is 32.1 Å². The van der Waals surface area contributed by atoms with Gasteiger partial charge in [-0.1, -0.05) is 25.1 Å². The van der Waals surface area contributed by atoms with Gasteiger partial charge in [0.05, 0.1) is 10.6 Å². The van der Waals surface area contributed by atoms with Crippen LogP contribution in [0.15, 0.2) is 41.3 Å². The molecule has 2 aromatic rings. The molecule has 4 nitrogen and oxygen atoms in total. The molecule has 0 atom stereocenters. The van der Waals surface area contributed by atoms with Crippen molar-refractivity contribution < 1.29 is 13.5 Å². The minimum Gasteiger partial charge on any atom is -0.506 e. The molecule has 2 aromatic carbocycles. The number of hydrogen-bond donors (Lipinski definition) is 2. The standard InChI is InChI=1S/C16H19NO3S/c1-4-13-7-8-15(18)14(10-13)17-21(19,20)16-9-11(2)5-6-12(16)3/h5-10,17-18H,4H2,1-3H3. The number of benzene rings is 2. The first-order valence-electron chi connectivity index (χ1n) is 6.75. The van der Waals surface area contributed by atoms with Crippen LogP contribution in [0, 0.1) is 13.8 Å². The van der Waals surface area contributed by atoms with E-state index in [4.69, 9.17) is 0 Å². The van der Waals surface area contributed by atoms with Crippen molar-refractivity contribution in [2.24, 2.45) is 0 Å². The maximum absolute atomic E-state index is 12.5. The number of nitrogens with one attached hydrogen (secondary N) is 1. The van der Waals surface area contributed by atoms with Gasteiger partial charge < -0.3 is 5.11 Å². The maximum Gasteiger partial charge on any atom is 0.262 e. The Kier molecular flexibility index (Phi) is 4.23. The zero-order valence-electron chi connectivity index (χ0n) is 12.3. The van der Waals surface area contributed by atoms with Crippen LogP contribution in [0.1, 0.15) is 23.6 Å². The molecule has 2 N–H and O–H groups in total. The summed E-state index contributed by atoms with van der Waals surface area (Å²) in [7, 11) is -3.72. The molecule has 2 rings (SSSR count). The smallest absolute Gasteiger partial charge is 0.262 e. The Morgan fingerprint density at radius 3 is 2.48 bits per heavy atom. The fourth-order valence-corrected chi connectivity index (χ4v) is 3.48. The van der Waals surface area contributed by atoms with E-state index < -0.39 is 10.0 Å². The van der Waals surface area contributed by atoms with Gasteiger partial charge in [0.25, 0.3) is 10.0 Å². The third-order valence-corrected chi connectivity index (χ3v) is 4.85. The Morgan fingerprint density at radius 2 is 1.81 bits per heavy atom. The normalized spacial score (nSPS) is 11.4. The minimum atomic E-state index is -3.72. The predicted molar refractivity (Wildman–Crippen MR) is 84.2 cm³/mol. The minimum absolute atomic E-state index is 0.0823. The second-order valence-corrected chi connectivity index (χ2v) is 6.73. The van der Waals surface area contributed by atoms with Crippen molar-refractivity contribution >= 4 is 15.7 Å². The lowest BCUT2D eigenvalue weighted by Crippen LogP contribution is -2.14. The van der Waals surface area contributed by atoms with Crippen molar-refractivity contribution in [1.82, 2.24) is 0 Å². The Morgan fingerprint density at radius 1 is 1.10 bits per heavy atom. The number of sulfonamides is 1. The zero-order valence-corrected chi connectivity index (χ0v) is 13.2. The van der Waals surface area contributed by atoms with Crippen LogP contribution in [-0.4, -0.2) is 13.5 Å². The lowest BCUT2D eigenvalue weighted by atomic mass is 10.1. The number of anilines is 1. The Balaban J connectivity index is 2.44. The van der Waals surface area contributed by atoms with Crippen LogP contribution >= 0.6 is 0 Å². The Bertz CT molecular complexity index is 767. The molecule has 0 aliphatic carbocycles. The molecular formula is C16H19NO3S. The largest absolute Gasteiger partial charge is 0.506 e. The predicted octanol–water partition coefficient (Wildman–Crippen LogP) is 3.37. The third-order valence-electron chi connectivity index (χ3n) is 3.35. The van der Waals surface area contributed by atoms with E-state index in [1.165, 1.54) is 6.07 Å². The number of phenolic OH excluding ortho intramolecular Hbond substituents is 1. The van der Waals surface area contributed by atoms with Crippen LogP contribution in [0.25, 0.3) is 0 Å². The molecule has 5 heteroatoms. The van der Waals surface area contributed by atoms with Crippen molar-refractivity contribution in [2.75, 3.05) is 4.72 Å². The molecule has 0 amide bonds. The summed E-state index contributed by atoms with van der Waals surface area (Å²) in [6, 6.07) is 10.2. The molecule has 0 aliphatic rings. The first-order valence-corrected chi connectivity index (χ1v) is 8.24. The number of phenols is 1. The van der Waals surface area contributed by atoms with Crippen molar-refractivity contribution in [1.29, 1.82) is 0 Å². The second-order valence-electron chi connectivity index (χ2n) is 5.08. The van der Waals surface area contributed by atoms with Crippen LogP contribution in [-0.2, 0) is 16.4 Å². The molecular weight excluding hydrogens is 286 g/mol. The molecule has 0 radical (unpaired) electrons. The van der Waals surface area contributed by atoms with Crippen LogP contribution in [0.5, 0.6) is 5.75 Å². The monoisotopic (exact) mass is 305 g/mol. The van der Waals surface area contributed by atoms with E-state index in [9.17, 15) is 13.5 Å². The van der Waals surface area contributed by atoms with Crippen LogP contribution in [0.3, 0.4) is 0 Å². The number of rotatable bonds is 4. The van der Waals surface area contributed by atoms with Crippen LogP contribution in [0.4, 0.5) is 5.69 Å². The van der Waals surface area contributed by atoms with Crippen molar-refractivity contribution in [3.63, 3.8) is 0 Å². The van der Waals surface area contributed by atoms with E-state index in [1.807, 2.05) is 19.9 Å². The van der Waals surface area contributed by atoms with E-state index in [0.717, 1.165) is 17.5 Å². The van der Waals surface area contributed by atoms with E-state index in [2.05, 4.69) is 4.72 Å². The molecule has 0 heterocycles. The van der Waals surface area contributed by atoms with Gasteiger partial charge in [0.2, 0.25) is 0 Å². The summed E-state index contributed by atoms with van der Waals surface area (Å²) in [5.74, 6) is -0.0823. The van der Waals surface area contributed by atoms with Gasteiger partial charge in [0.15, 0.2) is 0 Å². The second kappa shape index (κ2) is 5.77. The highest BCUT2D eigenvalue weighted by molar-refractivity contribution is 7.92. The fraction of sp³-hybridized carbons (Fsp3) is 0.250. The Labute approximate surface area is 125 Å².